The molecule has 0 aromatic heterocycles. The van der Waals surface area contributed by atoms with Crippen molar-refractivity contribution in [2.45, 2.75) is 32.6 Å². The number of ether oxygens (including phenoxy) is 3. The molecule has 0 bridgehead atoms. The van der Waals surface area contributed by atoms with Crippen LogP contribution < -0.4 is 14.8 Å². The Labute approximate surface area is 187 Å². The summed E-state index contributed by atoms with van der Waals surface area (Å²) in [5.74, 6) is 1.91. The van der Waals surface area contributed by atoms with E-state index in [0.29, 0.717) is 18.8 Å². The van der Waals surface area contributed by atoms with Gasteiger partial charge in [0.2, 0.25) is 0 Å². The molecule has 1 heterocycles. The van der Waals surface area contributed by atoms with E-state index in [0.717, 1.165) is 39.2 Å². The van der Waals surface area contributed by atoms with E-state index in [1.165, 1.54) is 0 Å². The van der Waals surface area contributed by atoms with Gasteiger partial charge in [0.1, 0.15) is 17.5 Å². The first kappa shape index (κ1) is 22.7. The number of allylic oxidation sites excluding steroid dienone is 1. The molecule has 164 valence electrons. The van der Waals surface area contributed by atoms with Gasteiger partial charge in [-0.05, 0) is 44.5 Å². The molecule has 1 atom stereocenters. The number of amidine groups is 1. The molecule has 0 fully saturated rings. The molecular formula is C24H28N2O4S. The zero-order valence-electron chi connectivity index (χ0n) is 18.3. The lowest BCUT2D eigenvalue weighted by Gasteiger charge is -2.27. The number of hydrogen-bond donors (Lipinski definition) is 1. The number of carbonyl (C=O) groups excluding carboxylic acids is 1. The van der Waals surface area contributed by atoms with Crippen molar-refractivity contribution in [2.24, 2.45) is 4.99 Å². The van der Waals surface area contributed by atoms with Crippen LogP contribution in [-0.2, 0) is 15.3 Å². The first-order valence-electron chi connectivity index (χ1n) is 10.3. The zero-order chi connectivity index (χ0) is 22.2. The molecule has 3 rings (SSSR count). The van der Waals surface area contributed by atoms with Crippen LogP contribution in [0.5, 0.6) is 11.5 Å². The quantitative estimate of drug-likeness (QED) is 0.591. The maximum Gasteiger partial charge on any atom is 0.338 e. The van der Waals surface area contributed by atoms with Crippen molar-refractivity contribution in [3.63, 3.8) is 0 Å². The summed E-state index contributed by atoms with van der Waals surface area (Å²) in [4.78, 5) is 17.6. The number of nitrogens with one attached hydrogen (secondary N) is 1. The normalized spacial score (nSPS) is 15.7. The van der Waals surface area contributed by atoms with E-state index in [2.05, 4.69) is 5.32 Å². The minimum Gasteiger partial charge on any atom is -0.497 e. The SMILES string of the molecule is CCOC(=O)C1=C(C)NC(SCc2ccc(OC)cc2)=NC1c1ccccc1OCC. The minimum absolute atomic E-state index is 0.304. The van der Waals surface area contributed by atoms with Crippen LogP contribution in [0.25, 0.3) is 0 Å². The van der Waals surface area contributed by atoms with Gasteiger partial charge >= 0.3 is 5.97 Å². The number of benzene rings is 2. The predicted octanol–water partition coefficient (Wildman–Crippen LogP) is 4.86. The third-order valence-corrected chi connectivity index (χ3v) is 5.72. The fourth-order valence-electron chi connectivity index (χ4n) is 3.29. The van der Waals surface area contributed by atoms with Crippen molar-refractivity contribution in [2.75, 3.05) is 20.3 Å². The van der Waals surface area contributed by atoms with Gasteiger partial charge in [-0.3, -0.25) is 0 Å². The Hall–Kier alpha value is -2.93. The molecule has 0 spiro atoms. The third-order valence-electron chi connectivity index (χ3n) is 4.76. The standard InChI is InChI=1S/C24H28N2O4S/c1-5-29-20-10-8-7-9-19(20)22-21(23(27)30-6-2)16(3)25-24(26-22)31-15-17-11-13-18(28-4)14-12-17/h7-14,22H,5-6,15H2,1-4H3,(H,25,26). The Balaban J connectivity index is 1.90. The summed E-state index contributed by atoms with van der Waals surface area (Å²) in [7, 11) is 1.65. The van der Waals surface area contributed by atoms with Gasteiger partial charge in [-0.2, -0.15) is 0 Å². The summed E-state index contributed by atoms with van der Waals surface area (Å²) in [6.45, 7) is 6.45. The number of aliphatic imine (C=N–C) groups is 1. The number of para-hydroxylation sites is 1. The molecule has 0 saturated heterocycles. The van der Waals surface area contributed by atoms with Crippen molar-refractivity contribution in [3.05, 3.63) is 70.9 Å². The Bertz CT molecular complexity index is 970. The highest BCUT2D eigenvalue weighted by molar-refractivity contribution is 8.13. The number of methoxy groups -OCH3 is 1. The highest BCUT2D eigenvalue weighted by Gasteiger charge is 2.32. The van der Waals surface area contributed by atoms with Gasteiger partial charge in [0.25, 0.3) is 0 Å². The second kappa shape index (κ2) is 10.9. The average Bonchev–Trinajstić information content (AvgIpc) is 2.78. The van der Waals surface area contributed by atoms with Crippen molar-refractivity contribution in [3.8, 4) is 11.5 Å². The van der Waals surface area contributed by atoms with Crippen molar-refractivity contribution in [1.29, 1.82) is 0 Å². The van der Waals surface area contributed by atoms with E-state index < -0.39 is 6.04 Å². The van der Waals surface area contributed by atoms with E-state index in [1.807, 2.05) is 62.4 Å². The number of nitrogens with zero attached hydrogens (tertiary/aromatic N) is 1. The number of carbonyl (C=O) groups is 1. The van der Waals surface area contributed by atoms with Crippen molar-refractivity contribution >= 4 is 22.9 Å². The van der Waals surface area contributed by atoms with Gasteiger partial charge in [-0.1, -0.05) is 42.1 Å². The van der Waals surface area contributed by atoms with Crippen LogP contribution in [0.15, 0.2) is 64.8 Å². The molecule has 1 unspecified atom stereocenters. The van der Waals surface area contributed by atoms with Crippen LogP contribution in [0.1, 0.15) is 37.9 Å². The Morgan fingerprint density at radius 3 is 2.52 bits per heavy atom. The third kappa shape index (κ3) is 5.61. The molecule has 1 N–H and O–H groups in total. The monoisotopic (exact) mass is 440 g/mol. The van der Waals surface area contributed by atoms with Gasteiger partial charge in [-0.25, -0.2) is 9.79 Å². The lowest BCUT2D eigenvalue weighted by Crippen LogP contribution is -2.30. The lowest BCUT2D eigenvalue weighted by atomic mass is 9.96. The van der Waals surface area contributed by atoms with Crippen LogP contribution in [0.4, 0.5) is 0 Å². The van der Waals surface area contributed by atoms with Crippen LogP contribution in [-0.4, -0.2) is 31.5 Å². The highest BCUT2D eigenvalue weighted by atomic mass is 32.2. The lowest BCUT2D eigenvalue weighted by molar-refractivity contribution is -0.138. The van der Waals surface area contributed by atoms with Crippen LogP contribution in [0.3, 0.4) is 0 Å². The van der Waals surface area contributed by atoms with Gasteiger partial charge in [0, 0.05) is 17.0 Å². The van der Waals surface area contributed by atoms with Crippen molar-refractivity contribution < 1.29 is 19.0 Å². The van der Waals surface area contributed by atoms with Gasteiger partial charge < -0.3 is 19.5 Å². The first-order chi connectivity index (χ1) is 15.1. The van der Waals surface area contributed by atoms with Crippen LogP contribution in [0.2, 0.25) is 0 Å². The van der Waals surface area contributed by atoms with Gasteiger partial charge in [0.05, 0.1) is 25.9 Å². The maximum atomic E-state index is 12.8. The molecule has 0 amide bonds. The second-order valence-electron chi connectivity index (χ2n) is 6.83. The van der Waals surface area contributed by atoms with E-state index in [4.69, 9.17) is 19.2 Å². The maximum absolute atomic E-state index is 12.8. The highest BCUT2D eigenvalue weighted by Crippen LogP contribution is 2.38. The van der Waals surface area contributed by atoms with Crippen LogP contribution in [0, 0.1) is 0 Å². The fraction of sp³-hybridized carbons (Fsp3) is 0.333. The van der Waals surface area contributed by atoms with Crippen molar-refractivity contribution in [1.82, 2.24) is 5.32 Å². The Morgan fingerprint density at radius 1 is 1.10 bits per heavy atom. The van der Waals surface area contributed by atoms with Crippen LogP contribution >= 0.6 is 11.8 Å². The largest absolute Gasteiger partial charge is 0.497 e. The summed E-state index contributed by atoms with van der Waals surface area (Å²) in [6.07, 6.45) is 0. The Morgan fingerprint density at radius 2 is 1.84 bits per heavy atom. The summed E-state index contributed by atoms with van der Waals surface area (Å²) in [6, 6.07) is 15.1. The zero-order valence-corrected chi connectivity index (χ0v) is 19.1. The molecule has 6 nitrogen and oxygen atoms in total. The molecule has 0 aliphatic carbocycles. The summed E-state index contributed by atoms with van der Waals surface area (Å²) >= 11 is 1.58. The molecular weight excluding hydrogens is 412 g/mol. The van der Waals surface area contributed by atoms with Gasteiger partial charge in [-0.15, -0.1) is 0 Å². The topological polar surface area (TPSA) is 69.2 Å². The molecule has 0 saturated carbocycles. The number of hydrogen-bond acceptors (Lipinski definition) is 7. The van der Waals surface area contributed by atoms with E-state index in [9.17, 15) is 4.79 Å². The number of thioether (sulfide) groups is 1. The van der Waals surface area contributed by atoms with E-state index in [-0.39, 0.29) is 5.97 Å². The smallest absolute Gasteiger partial charge is 0.338 e. The predicted molar refractivity (Wildman–Crippen MR) is 125 cm³/mol. The molecule has 1 aliphatic rings. The molecule has 2 aromatic rings. The molecule has 1 aliphatic heterocycles. The Kier molecular flexibility index (Phi) is 8.00. The summed E-state index contributed by atoms with van der Waals surface area (Å²) in [5.41, 5.74) is 3.24. The number of rotatable bonds is 8. The second-order valence-corrected chi connectivity index (χ2v) is 7.79. The molecule has 7 heteroatoms. The fourth-order valence-corrected chi connectivity index (χ4v) is 4.19. The summed E-state index contributed by atoms with van der Waals surface area (Å²) < 4.78 is 16.4. The average molecular weight is 441 g/mol. The summed E-state index contributed by atoms with van der Waals surface area (Å²) in [5, 5.41) is 4.02. The minimum atomic E-state index is -0.499. The van der Waals surface area contributed by atoms with Gasteiger partial charge in [0.15, 0.2) is 5.17 Å². The number of esters is 1. The van der Waals surface area contributed by atoms with E-state index in [1.54, 1.807) is 25.8 Å². The first-order valence-corrected chi connectivity index (χ1v) is 11.3. The molecule has 2 aromatic carbocycles. The molecule has 31 heavy (non-hydrogen) atoms. The van der Waals surface area contributed by atoms with E-state index >= 15 is 0 Å². The molecule has 0 radical (unpaired) electrons.